The molecule has 0 aliphatic heterocycles. The van der Waals surface area contributed by atoms with Crippen LogP contribution in [0.5, 0.6) is 5.75 Å². The minimum Gasteiger partial charge on any atom is -0.487 e. The SMILES string of the molecule is CCCCNC(=O)C(=O)N/N=C\c1ccc(OCc2ccccc2F)c(Cl)c1. The Kier molecular flexibility index (Phi) is 8.42. The molecule has 2 N–H and O–H groups in total. The summed E-state index contributed by atoms with van der Waals surface area (Å²) in [6, 6.07) is 11.2. The van der Waals surface area contributed by atoms with Crippen molar-refractivity contribution in [2.75, 3.05) is 6.54 Å². The lowest BCUT2D eigenvalue weighted by atomic mass is 10.2. The Labute approximate surface area is 167 Å². The number of hydrogen-bond acceptors (Lipinski definition) is 4. The van der Waals surface area contributed by atoms with Crippen LogP contribution in [0.3, 0.4) is 0 Å². The maximum absolute atomic E-state index is 13.6. The Hall–Kier alpha value is -2.93. The number of carbonyl (C=O) groups is 2. The van der Waals surface area contributed by atoms with Crippen molar-refractivity contribution < 1.29 is 18.7 Å². The Balaban J connectivity index is 1.87. The number of halogens is 2. The predicted octanol–water partition coefficient (Wildman–Crippen LogP) is 3.42. The lowest BCUT2D eigenvalue weighted by Gasteiger charge is -2.09. The van der Waals surface area contributed by atoms with Gasteiger partial charge in [0.15, 0.2) is 0 Å². The van der Waals surface area contributed by atoms with E-state index in [0.29, 0.717) is 28.4 Å². The van der Waals surface area contributed by atoms with Crippen LogP contribution in [0.25, 0.3) is 0 Å². The molecule has 0 aliphatic carbocycles. The number of benzene rings is 2. The number of ether oxygens (including phenoxy) is 1. The summed E-state index contributed by atoms with van der Waals surface area (Å²) in [7, 11) is 0. The Morgan fingerprint density at radius 3 is 2.71 bits per heavy atom. The molecule has 2 aromatic carbocycles. The molecule has 8 heteroatoms. The van der Waals surface area contributed by atoms with Crippen molar-refractivity contribution in [1.29, 1.82) is 0 Å². The van der Waals surface area contributed by atoms with E-state index in [2.05, 4.69) is 15.8 Å². The smallest absolute Gasteiger partial charge is 0.329 e. The summed E-state index contributed by atoms with van der Waals surface area (Å²) >= 11 is 6.17. The third-order valence-corrected chi connectivity index (χ3v) is 3.99. The molecule has 0 bridgehead atoms. The third kappa shape index (κ3) is 6.66. The van der Waals surface area contributed by atoms with E-state index in [1.807, 2.05) is 6.92 Å². The first kappa shape index (κ1) is 21.4. The number of unbranched alkanes of at least 4 members (excludes halogenated alkanes) is 1. The predicted molar refractivity (Wildman–Crippen MR) is 106 cm³/mol. The summed E-state index contributed by atoms with van der Waals surface area (Å²) < 4.78 is 19.2. The minimum absolute atomic E-state index is 0.0447. The summed E-state index contributed by atoms with van der Waals surface area (Å²) in [4.78, 5) is 23.1. The van der Waals surface area contributed by atoms with Gasteiger partial charge in [0.2, 0.25) is 0 Å². The summed E-state index contributed by atoms with van der Waals surface area (Å²) in [6.45, 7) is 2.47. The van der Waals surface area contributed by atoms with Crippen LogP contribution >= 0.6 is 11.6 Å². The molecule has 2 rings (SSSR count). The van der Waals surface area contributed by atoms with Gasteiger partial charge in [0.1, 0.15) is 18.2 Å². The molecule has 0 aliphatic rings. The second kappa shape index (κ2) is 11.0. The van der Waals surface area contributed by atoms with Crippen LogP contribution in [0.1, 0.15) is 30.9 Å². The molecule has 0 aromatic heterocycles. The highest BCUT2D eigenvalue weighted by atomic mass is 35.5. The van der Waals surface area contributed by atoms with Crippen molar-refractivity contribution >= 4 is 29.6 Å². The van der Waals surface area contributed by atoms with Crippen molar-refractivity contribution in [2.45, 2.75) is 26.4 Å². The second-order valence-corrected chi connectivity index (χ2v) is 6.29. The van der Waals surface area contributed by atoms with Gasteiger partial charge in [0.25, 0.3) is 0 Å². The number of nitrogens with one attached hydrogen (secondary N) is 2. The fraction of sp³-hybridized carbons (Fsp3) is 0.250. The van der Waals surface area contributed by atoms with Gasteiger partial charge in [-0.05, 0) is 36.2 Å². The fourth-order valence-corrected chi connectivity index (χ4v) is 2.40. The van der Waals surface area contributed by atoms with Crippen LogP contribution in [-0.2, 0) is 16.2 Å². The molecule has 2 aromatic rings. The molecule has 0 saturated carbocycles. The normalized spacial score (nSPS) is 10.7. The number of rotatable bonds is 8. The van der Waals surface area contributed by atoms with E-state index in [1.54, 1.807) is 36.4 Å². The number of nitrogens with zero attached hydrogens (tertiary/aromatic N) is 1. The zero-order valence-electron chi connectivity index (χ0n) is 15.4. The van der Waals surface area contributed by atoms with Crippen LogP contribution < -0.4 is 15.5 Å². The molecule has 6 nitrogen and oxygen atoms in total. The lowest BCUT2D eigenvalue weighted by Crippen LogP contribution is -2.38. The monoisotopic (exact) mass is 405 g/mol. The van der Waals surface area contributed by atoms with E-state index >= 15 is 0 Å². The molecule has 0 unspecified atom stereocenters. The standard InChI is InChI=1S/C20H21ClFN3O3/c1-2-3-10-23-19(26)20(27)25-24-12-14-8-9-18(16(21)11-14)28-13-15-6-4-5-7-17(15)22/h4-9,11-12H,2-3,10,13H2,1H3,(H,23,26)(H,25,27)/b24-12-. The number of carbonyl (C=O) groups excluding carboxylic acids is 2. The molecular weight excluding hydrogens is 385 g/mol. The van der Waals surface area contributed by atoms with E-state index in [1.165, 1.54) is 12.3 Å². The average Bonchev–Trinajstić information content (AvgIpc) is 2.68. The van der Waals surface area contributed by atoms with Crippen LogP contribution in [-0.4, -0.2) is 24.6 Å². The average molecular weight is 406 g/mol. The van der Waals surface area contributed by atoms with E-state index in [4.69, 9.17) is 16.3 Å². The molecule has 148 valence electrons. The largest absolute Gasteiger partial charge is 0.487 e. The van der Waals surface area contributed by atoms with Crippen LogP contribution in [0, 0.1) is 5.82 Å². The number of hydrogen-bond donors (Lipinski definition) is 2. The first-order valence-corrected chi connectivity index (χ1v) is 9.16. The highest BCUT2D eigenvalue weighted by molar-refractivity contribution is 6.35. The summed E-state index contributed by atoms with van der Waals surface area (Å²) in [6.07, 6.45) is 3.07. The molecule has 0 fully saturated rings. The molecule has 0 saturated heterocycles. The van der Waals surface area contributed by atoms with E-state index in [0.717, 1.165) is 12.8 Å². The van der Waals surface area contributed by atoms with Gasteiger partial charge < -0.3 is 10.1 Å². The van der Waals surface area contributed by atoms with Crippen LogP contribution in [0.15, 0.2) is 47.6 Å². The maximum atomic E-state index is 13.6. The van der Waals surface area contributed by atoms with Gasteiger partial charge in [-0.1, -0.05) is 43.1 Å². The molecular formula is C20H21ClFN3O3. The maximum Gasteiger partial charge on any atom is 0.329 e. The lowest BCUT2D eigenvalue weighted by molar-refractivity contribution is -0.139. The number of hydrazone groups is 1. The van der Waals surface area contributed by atoms with Crippen molar-refractivity contribution in [2.24, 2.45) is 5.10 Å². The van der Waals surface area contributed by atoms with E-state index in [-0.39, 0.29) is 12.4 Å². The van der Waals surface area contributed by atoms with Crippen molar-refractivity contribution in [3.63, 3.8) is 0 Å². The van der Waals surface area contributed by atoms with Gasteiger partial charge in [-0.15, -0.1) is 0 Å². The quantitative estimate of drug-likeness (QED) is 0.305. The summed E-state index contributed by atoms with van der Waals surface area (Å²) in [5, 5.41) is 6.53. The van der Waals surface area contributed by atoms with Gasteiger partial charge in [-0.2, -0.15) is 5.10 Å². The number of amides is 2. The van der Waals surface area contributed by atoms with Gasteiger partial charge in [0, 0.05) is 12.1 Å². The zero-order valence-corrected chi connectivity index (χ0v) is 16.1. The summed E-state index contributed by atoms with van der Waals surface area (Å²) in [5.41, 5.74) is 3.16. The Morgan fingerprint density at radius 1 is 1.21 bits per heavy atom. The molecule has 0 spiro atoms. The molecule has 0 radical (unpaired) electrons. The summed E-state index contributed by atoms with van der Waals surface area (Å²) in [5.74, 6) is -1.54. The fourth-order valence-electron chi connectivity index (χ4n) is 2.16. The van der Waals surface area contributed by atoms with Crippen molar-refractivity contribution in [3.8, 4) is 5.75 Å². The topological polar surface area (TPSA) is 79.8 Å². The minimum atomic E-state index is -0.844. The van der Waals surface area contributed by atoms with Gasteiger partial charge in [-0.25, -0.2) is 9.82 Å². The van der Waals surface area contributed by atoms with Crippen molar-refractivity contribution in [3.05, 3.63) is 64.4 Å². The highest BCUT2D eigenvalue weighted by Gasteiger charge is 2.11. The Morgan fingerprint density at radius 2 is 2.00 bits per heavy atom. The van der Waals surface area contributed by atoms with Crippen LogP contribution in [0.2, 0.25) is 5.02 Å². The molecule has 0 heterocycles. The van der Waals surface area contributed by atoms with Gasteiger partial charge in [-0.3, -0.25) is 9.59 Å². The van der Waals surface area contributed by atoms with Gasteiger partial charge in [0.05, 0.1) is 11.2 Å². The van der Waals surface area contributed by atoms with E-state index in [9.17, 15) is 14.0 Å². The molecule has 28 heavy (non-hydrogen) atoms. The van der Waals surface area contributed by atoms with Crippen LogP contribution in [0.4, 0.5) is 4.39 Å². The first-order valence-electron chi connectivity index (χ1n) is 8.78. The van der Waals surface area contributed by atoms with Gasteiger partial charge >= 0.3 is 11.8 Å². The zero-order chi connectivity index (χ0) is 20.4. The molecule has 0 atom stereocenters. The third-order valence-electron chi connectivity index (χ3n) is 3.70. The Bertz CT molecular complexity index is 858. The van der Waals surface area contributed by atoms with E-state index < -0.39 is 11.8 Å². The molecule has 2 amide bonds. The second-order valence-electron chi connectivity index (χ2n) is 5.88. The van der Waals surface area contributed by atoms with Crippen molar-refractivity contribution in [1.82, 2.24) is 10.7 Å². The highest BCUT2D eigenvalue weighted by Crippen LogP contribution is 2.26. The first-order chi connectivity index (χ1) is 13.5.